The molecule has 2 N–H and O–H groups in total. The topological polar surface area (TPSA) is 26.0 Å². The van der Waals surface area contributed by atoms with Crippen molar-refractivity contribution in [2.75, 3.05) is 5.73 Å². The van der Waals surface area contributed by atoms with E-state index in [0.717, 1.165) is 5.56 Å². The lowest BCUT2D eigenvalue weighted by molar-refractivity contribution is 0.624. The van der Waals surface area contributed by atoms with Crippen LogP contribution in [0, 0.1) is 5.82 Å². The Kier molecular flexibility index (Phi) is 4.04. The van der Waals surface area contributed by atoms with Gasteiger partial charge in [-0.2, -0.15) is 0 Å². The van der Waals surface area contributed by atoms with Crippen molar-refractivity contribution in [2.45, 2.75) is 19.8 Å². The molecule has 0 bridgehead atoms. The molecular weight excluding hydrogens is 177 g/mol. The normalized spacial score (nSPS) is 9.67. The molecule has 0 amide bonds. The van der Waals surface area contributed by atoms with Crippen LogP contribution in [0.1, 0.15) is 25.3 Å². The molecule has 0 spiro atoms. The van der Waals surface area contributed by atoms with Crippen molar-refractivity contribution in [3.05, 3.63) is 29.6 Å². The first-order chi connectivity index (χ1) is 5.09. The first-order valence-electron chi connectivity index (χ1n) is 3.65. The van der Waals surface area contributed by atoms with Gasteiger partial charge in [-0.25, -0.2) is 4.39 Å². The van der Waals surface area contributed by atoms with E-state index in [1.807, 2.05) is 13.8 Å². The molecule has 68 valence electrons. The van der Waals surface area contributed by atoms with Crippen molar-refractivity contribution in [1.29, 1.82) is 0 Å². The molecular formula is C9H13ClFN. The van der Waals surface area contributed by atoms with Gasteiger partial charge in [-0.15, -0.1) is 12.4 Å². The Morgan fingerprint density at radius 3 is 2.25 bits per heavy atom. The quantitative estimate of drug-likeness (QED) is 0.676. The second-order valence-electron chi connectivity index (χ2n) is 2.97. The lowest BCUT2D eigenvalue weighted by atomic mass is 10.0. The summed E-state index contributed by atoms with van der Waals surface area (Å²) in [6, 6.07) is 4.64. The highest BCUT2D eigenvalue weighted by molar-refractivity contribution is 5.85. The Balaban J connectivity index is 0.00000121. The molecule has 0 atom stereocenters. The van der Waals surface area contributed by atoms with Crippen LogP contribution in [0.4, 0.5) is 10.1 Å². The fourth-order valence-electron chi connectivity index (χ4n) is 0.969. The number of anilines is 1. The minimum Gasteiger partial charge on any atom is -0.399 e. The molecule has 1 rings (SSSR count). The largest absolute Gasteiger partial charge is 0.399 e. The lowest BCUT2D eigenvalue weighted by Crippen LogP contribution is -1.92. The highest BCUT2D eigenvalue weighted by Gasteiger charge is 2.01. The summed E-state index contributed by atoms with van der Waals surface area (Å²) >= 11 is 0. The van der Waals surface area contributed by atoms with Crippen LogP contribution in [0.15, 0.2) is 18.2 Å². The van der Waals surface area contributed by atoms with E-state index in [1.165, 1.54) is 12.1 Å². The van der Waals surface area contributed by atoms with E-state index < -0.39 is 0 Å². The van der Waals surface area contributed by atoms with Gasteiger partial charge in [0.2, 0.25) is 0 Å². The van der Waals surface area contributed by atoms with Crippen molar-refractivity contribution >= 4 is 18.1 Å². The number of hydrogen-bond acceptors (Lipinski definition) is 1. The standard InChI is InChI=1S/C9H12FN.ClH/c1-6(2)7-3-8(10)5-9(11)4-7;/h3-6H,11H2,1-2H3;1H. The summed E-state index contributed by atoms with van der Waals surface area (Å²) in [6.07, 6.45) is 0. The smallest absolute Gasteiger partial charge is 0.125 e. The zero-order valence-corrected chi connectivity index (χ0v) is 7.99. The van der Waals surface area contributed by atoms with Crippen molar-refractivity contribution in [2.24, 2.45) is 0 Å². The number of nitrogen functional groups attached to an aromatic ring is 1. The third kappa shape index (κ3) is 2.70. The zero-order valence-electron chi connectivity index (χ0n) is 7.17. The van der Waals surface area contributed by atoms with Crippen molar-refractivity contribution in [3.63, 3.8) is 0 Å². The van der Waals surface area contributed by atoms with Gasteiger partial charge < -0.3 is 5.73 Å². The molecule has 0 saturated heterocycles. The third-order valence-corrected chi connectivity index (χ3v) is 1.61. The van der Waals surface area contributed by atoms with Crippen LogP contribution in [-0.2, 0) is 0 Å². The predicted octanol–water partition coefficient (Wildman–Crippen LogP) is 2.95. The summed E-state index contributed by atoms with van der Waals surface area (Å²) in [6.45, 7) is 4.02. The number of benzene rings is 1. The predicted molar refractivity (Wildman–Crippen MR) is 52.1 cm³/mol. The zero-order chi connectivity index (χ0) is 8.43. The maximum atomic E-state index is 12.7. The Hall–Kier alpha value is -0.760. The highest BCUT2D eigenvalue weighted by atomic mass is 35.5. The highest BCUT2D eigenvalue weighted by Crippen LogP contribution is 2.18. The van der Waals surface area contributed by atoms with Crippen LogP contribution in [0.25, 0.3) is 0 Å². The van der Waals surface area contributed by atoms with Crippen molar-refractivity contribution in [3.8, 4) is 0 Å². The molecule has 1 nitrogen and oxygen atoms in total. The SMILES string of the molecule is CC(C)c1cc(N)cc(F)c1.Cl. The average Bonchev–Trinajstić information content (AvgIpc) is 1.85. The van der Waals surface area contributed by atoms with E-state index in [4.69, 9.17) is 5.73 Å². The molecule has 0 aliphatic rings. The number of nitrogens with two attached hydrogens (primary N) is 1. The van der Waals surface area contributed by atoms with Gasteiger partial charge >= 0.3 is 0 Å². The van der Waals surface area contributed by atoms with Gasteiger partial charge in [-0.1, -0.05) is 13.8 Å². The van der Waals surface area contributed by atoms with E-state index in [-0.39, 0.29) is 18.2 Å². The first-order valence-corrected chi connectivity index (χ1v) is 3.65. The number of hydrogen-bond donors (Lipinski definition) is 1. The molecule has 0 heterocycles. The second-order valence-corrected chi connectivity index (χ2v) is 2.97. The van der Waals surface area contributed by atoms with Gasteiger partial charge in [-0.3, -0.25) is 0 Å². The second kappa shape index (κ2) is 4.31. The van der Waals surface area contributed by atoms with E-state index in [0.29, 0.717) is 11.6 Å². The average molecular weight is 190 g/mol. The summed E-state index contributed by atoms with van der Waals surface area (Å²) in [5.74, 6) is 0.0710. The van der Waals surface area contributed by atoms with Crippen LogP contribution >= 0.6 is 12.4 Å². The Morgan fingerprint density at radius 2 is 1.83 bits per heavy atom. The molecule has 0 unspecified atom stereocenters. The van der Waals surface area contributed by atoms with Crippen LogP contribution in [0.5, 0.6) is 0 Å². The summed E-state index contributed by atoms with van der Waals surface area (Å²) < 4.78 is 12.7. The summed E-state index contributed by atoms with van der Waals surface area (Å²) in [7, 11) is 0. The molecule has 0 aliphatic carbocycles. The van der Waals surface area contributed by atoms with Gasteiger partial charge in [0.05, 0.1) is 0 Å². The summed E-state index contributed by atoms with van der Waals surface area (Å²) in [4.78, 5) is 0. The van der Waals surface area contributed by atoms with E-state index >= 15 is 0 Å². The fourth-order valence-corrected chi connectivity index (χ4v) is 0.969. The van der Waals surface area contributed by atoms with Gasteiger partial charge in [0.25, 0.3) is 0 Å². The maximum Gasteiger partial charge on any atom is 0.125 e. The third-order valence-electron chi connectivity index (χ3n) is 1.61. The van der Waals surface area contributed by atoms with Crippen LogP contribution in [0.2, 0.25) is 0 Å². The first kappa shape index (κ1) is 11.2. The van der Waals surface area contributed by atoms with Crippen molar-refractivity contribution < 1.29 is 4.39 Å². The molecule has 0 aliphatic heterocycles. The molecule has 0 fully saturated rings. The fraction of sp³-hybridized carbons (Fsp3) is 0.333. The maximum absolute atomic E-state index is 12.7. The molecule has 0 radical (unpaired) electrons. The number of rotatable bonds is 1. The molecule has 3 heteroatoms. The molecule has 0 aromatic heterocycles. The van der Waals surface area contributed by atoms with E-state index in [9.17, 15) is 4.39 Å². The van der Waals surface area contributed by atoms with Crippen LogP contribution in [0.3, 0.4) is 0 Å². The van der Waals surface area contributed by atoms with Gasteiger partial charge in [0, 0.05) is 5.69 Å². The minimum absolute atomic E-state index is 0. The van der Waals surface area contributed by atoms with Gasteiger partial charge in [0.1, 0.15) is 5.82 Å². The molecule has 0 saturated carbocycles. The summed E-state index contributed by atoms with van der Waals surface area (Å²) in [5.41, 5.74) is 6.90. The minimum atomic E-state index is -0.256. The summed E-state index contributed by atoms with van der Waals surface area (Å²) in [5, 5.41) is 0. The van der Waals surface area contributed by atoms with E-state index in [2.05, 4.69) is 0 Å². The van der Waals surface area contributed by atoms with Gasteiger partial charge in [0.15, 0.2) is 0 Å². The Labute approximate surface area is 78.2 Å². The van der Waals surface area contributed by atoms with Crippen LogP contribution in [-0.4, -0.2) is 0 Å². The van der Waals surface area contributed by atoms with Crippen molar-refractivity contribution in [1.82, 2.24) is 0 Å². The molecule has 1 aromatic carbocycles. The Bertz CT molecular complexity index is 240. The van der Waals surface area contributed by atoms with Gasteiger partial charge in [-0.05, 0) is 29.7 Å². The van der Waals surface area contributed by atoms with Crippen LogP contribution < -0.4 is 5.73 Å². The lowest BCUT2D eigenvalue weighted by Gasteiger charge is -2.05. The van der Waals surface area contributed by atoms with E-state index in [1.54, 1.807) is 6.07 Å². The molecule has 12 heavy (non-hydrogen) atoms. The molecule has 1 aromatic rings. The Morgan fingerprint density at radius 1 is 1.25 bits per heavy atom. The number of halogens is 2. The monoisotopic (exact) mass is 189 g/mol.